The van der Waals surface area contributed by atoms with Gasteiger partial charge in [0.25, 0.3) is 5.91 Å². The number of rotatable bonds is 9. The normalized spacial score (nSPS) is 21.1. The summed E-state index contributed by atoms with van der Waals surface area (Å²) in [4.78, 5) is 35.4. The second-order valence-corrected chi connectivity index (χ2v) is 6.03. The zero-order valence-corrected chi connectivity index (χ0v) is 13.7. The molecule has 0 radical (unpaired) electrons. The lowest BCUT2D eigenvalue weighted by molar-refractivity contribution is -0.170. The predicted octanol–water partition coefficient (Wildman–Crippen LogP) is 1.60. The molecule has 2 unspecified atom stereocenters. The van der Waals surface area contributed by atoms with E-state index in [1.165, 1.54) is 0 Å². The Hall–Kier alpha value is -2.41. The summed E-state index contributed by atoms with van der Waals surface area (Å²) < 4.78 is 0. The second-order valence-electron chi connectivity index (χ2n) is 6.03. The van der Waals surface area contributed by atoms with Crippen LogP contribution in [0.3, 0.4) is 0 Å². The largest absolute Gasteiger partial charge is 0.322 e. The smallest absolute Gasteiger partial charge is 0.321 e. The lowest BCUT2D eigenvalue weighted by Crippen LogP contribution is -2.62. The molecule has 7 nitrogen and oxygen atoms in total. The van der Waals surface area contributed by atoms with Crippen molar-refractivity contribution in [3.63, 3.8) is 0 Å². The molecule has 3 N–H and O–H groups in total. The van der Waals surface area contributed by atoms with Crippen LogP contribution >= 0.6 is 0 Å². The summed E-state index contributed by atoms with van der Waals surface area (Å²) in [7, 11) is 0. The van der Waals surface area contributed by atoms with Gasteiger partial charge in [-0.15, -0.1) is 0 Å². The maximum absolute atomic E-state index is 12.5. The van der Waals surface area contributed by atoms with Crippen LogP contribution in [0.2, 0.25) is 0 Å². The van der Waals surface area contributed by atoms with E-state index >= 15 is 0 Å². The number of unbranched alkanes of at least 4 members (excludes halogenated alkanes) is 2. The molecule has 2 atom stereocenters. The number of hydrogen-bond acceptors (Lipinski definition) is 4. The van der Waals surface area contributed by atoms with Crippen molar-refractivity contribution in [1.29, 1.82) is 0 Å². The van der Waals surface area contributed by atoms with Crippen molar-refractivity contribution in [3.05, 3.63) is 35.9 Å². The number of nitrogens with one attached hydrogen (secondary N) is 2. The van der Waals surface area contributed by atoms with Crippen LogP contribution in [0, 0.1) is 0 Å². The third-order valence-corrected chi connectivity index (χ3v) is 4.41. The molecule has 1 aromatic rings. The Morgan fingerprint density at radius 1 is 1.25 bits per heavy atom. The first-order chi connectivity index (χ1) is 11.5. The molecular formula is C17H23N3O4. The molecule has 1 fully saturated rings. The topological polar surface area (TPSA) is 98.7 Å². The maximum Gasteiger partial charge on any atom is 0.322 e. The summed E-state index contributed by atoms with van der Waals surface area (Å²) >= 11 is 0. The van der Waals surface area contributed by atoms with E-state index in [1.54, 1.807) is 0 Å². The van der Waals surface area contributed by atoms with Gasteiger partial charge in [0.2, 0.25) is 6.41 Å². The molecule has 0 aliphatic carbocycles. The lowest BCUT2D eigenvalue weighted by Gasteiger charge is -2.37. The second kappa shape index (κ2) is 7.92. The van der Waals surface area contributed by atoms with Gasteiger partial charge in [0, 0.05) is 0 Å². The number of nitrogens with zero attached hydrogens (tertiary/aromatic N) is 1. The Kier molecular flexibility index (Phi) is 5.92. The van der Waals surface area contributed by atoms with Crippen LogP contribution in [0.1, 0.15) is 38.2 Å². The fourth-order valence-electron chi connectivity index (χ4n) is 3.14. The van der Waals surface area contributed by atoms with Gasteiger partial charge in [-0.3, -0.25) is 20.1 Å². The van der Waals surface area contributed by atoms with E-state index in [0.717, 1.165) is 18.4 Å². The molecule has 7 heteroatoms. The van der Waals surface area contributed by atoms with E-state index in [-0.39, 0.29) is 12.8 Å². The minimum Gasteiger partial charge on any atom is -0.321 e. The lowest BCUT2D eigenvalue weighted by atomic mass is 9.81. The summed E-state index contributed by atoms with van der Waals surface area (Å²) in [5.74, 6) is -0.509. The van der Waals surface area contributed by atoms with Gasteiger partial charge in [-0.2, -0.15) is 0 Å². The molecule has 130 valence electrons. The van der Waals surface area contributed by atoms with Gasteiger partial charge in [0.05, 0.1) is 6.04 Å². The summed E-state index contributed by atoms with van der Waals surface area (Å²) in [6.45, 7) is 2.03. The fraction of sp³-hybridized carbons (Fsp3) is 0.471. The molecule has 24 heavy (non-hydrogen) atoms. The average Bonchev–Trinajstić information content (AvgIpc) is 2.87. The maximum atomic E-state index is 12.5. The van der Waals surface area contributed by atoms with Crippen molar-refractivity contribution in [1.82, 2.24) is 15.7 Å². The van der Waals surface area contributed by atoms with E-state index in [2.05, 4.69) is 10.6 Å². The van der Waals surface area contributed by atoms with Crippen LogP contribution < -0.4 is 10.6 Å². The van der Waals surface area contributed by atoms with Crippen molar-refractivity contribution in [3.8, 4) is 0 Å². The third-order valence-electron chi connectivity index (χ3n) is 4.41. The predicted molar refractivity (Wildman–Crippen MR) is 87.2 cm³/mol. The number of benzene rings is 1. The molecule has 1 aliphatic heterocycles. The summed E-state index contributed by atoms with van der Waals surface area (Å²) in [6.07, 6.45) is 3.40. The van der Waals surface area contributed by atoms with E-state index in [9.17, 15) is 19.6 Å². The highest BCUT2D eigenvalue weighted by Gasteiger charge is 2.53. The monoisotopic (exact) mass is 333 g/mol. The van der Waals surface area contributed by atoms with Crippen molar-refractivity contribution >= 4 is 18.3 Å². The molecule has 0 aromatic heterocycles. The Labute approximate surface area is 141 Å². The summed E-state index contributed by atoms with van der Waals surface area (Å²) in [6, 6.07) is 7.74. The molecule has 0 spiro atoms. The molecule has 1 heterocycles. The molecular weight excluding hydrogens is 310 g/mol. The van der Waals surface area contributed by atoms with Gasteiger partial charge in [0.15, 0.2) is 0 Å². The van der Waals surface area contributed by atoms with Gasteiger partial charge in [-0.1, -0.05) is 56.5 Å². The number of imide groups is 1. The standard InChI is InChI=1S/C17H23N3O4/c1-2-3-7-10-17(15(22)18-16(23)19-17)14(20(24)12-21)11-13-8-5-4-6-9-13/h4-6,8-9,12,14,24H,2-3,7,10-11H2,1H3,(H2,18,19,22,23). The van der Waals surface area contributed by atoms with Gasteiger partial charge in [-0.05, 0) is 18.4 Å². The van der Waals surface area contributed by atoms with Crippen LogP contribution in [-0.4, -0.2) is 40.2 Å². The first-order valence-corrected chi connectivity index (χ1v) is 8.13. The first kappa shape index (κ1) is 17.9. The van der Waals surface area contributed by atoms with Crippen LogP contribution in [0.25, 0.3) is 0 Å². The molecule has 4 amide bonds. The molecule has 1 aromatic carbocycles. The number of carbonyl (C=O) groups excluding carboxylic acids is 3. The van der Waals surface area contributed by atoms with Crippen molar-refractivity contribution in [2.24, 2.45) is 0 Å². The van der Waals surface area contributed by atoms with Crippen LogP contribution in [0.4, 0.5) is 4.79 Å². The molecule has 1 saturated heterocycles. The van der Waals surface area contributed by atoms with Crippen LogP contribution in [0.15, 0.2) is 30.3 Å². The Morgan fingerprint density at radius 3 is 2.50 bits per heavy atom. The summed E-state index contributed by atoms with van der Waals surface area (Å²) in [5.41, 5.74) is -0.482. The third kappa shape index (κ3) is 3.73. The number of hydrogen-bond donors (Lipinski definition) is 3. The quantitative estimate of drug-likeness (QED) is 0.210. The van der Waals surface area contributed by atoms with E-state index in [4.69, 9.17) is 0 Å². The minimum atomic E-state index is -1.34. The van der Waals surface area contributed by atoms with Gasteiger partial charge in [-0.25, -0.2) is 9.86 Å². The summed E-state index contributed by atoms with van der Waals surface area (Å²) in [5, 5.41) is 15.5. The number of urea groups is 1. The van der Waals surface area contributed by atoms with Crippen LogP contribution in [0.5, 0.6) is 0 Å². The van der Waals surface area contributed by atoms with Gasteiger partial charge < -0.3 is 5.32 Å². The Bertz CT molecular complexity index is 593. The Morgan fingerprint density at radius 2 is 1.96 bits per heavy atom. The number of carbonyl (C=O) groups is 3. The van der Waals surface area contributed by atoms with Gasteiger partial charge in [0.1, 0.15) is 5.54 Å². The molecule has 0 saturated carbocycles. The molecule has 2 rings (SSSR count). The number of amides is 4. The van der Waals surface area contributed by atoms with Crippen molar-refractivity contribution in [2.75, 3.05) is 0 Å². The van der Waals surface area contributed by atoms with Crippen molar-refractivity contribution < 1.29 is 19.6 Å². The molecule has 1 aliphatic rings. The highest BCUT2D eigenvalue weighted by Crippen LogP contribution is 2.28. The SMILES string of the molecule is CCCCCC1(C(Cc2ccccc2)N(O)C=O)NC(=O)NC1=O. The van der Waals surface area contributed by atoms with Gasteiger partial charge >= 0.3 is 6.03 Å². The van der Waals surface area contributed by atoms with Crippen LogP contribution in [-0.2, 0) is 16.0 Å². The van der Waals surface area contributed by atoms with E-state index in [1.807, 2.05) is 37.3 Å². The molecule has 0 bridgehead atoms. The highest BCUT2D eigenvalue weighted by molar-refractivity contribution is 6.07. The fourth-order valence-corrected chi connectivity index (χ4v) is 3.14. The van der Waals surface area contributed by atoms with Crippen molar-refractivity contribution in [2.45, 2.75) is 50.6 Å². The average molecular weight is 333 g/mol. The minimum absolute atomic E-state index is 0.246. The highest BCUT2D eigenvalue weighted by atomic mass is 16.5. The van der Waals surface area contributed by atoms with E-state index in [0.29, 0.717) is 17.9 Å². The zero-order valence-electron chi connectivity index (χ0n) is 13.7. The number of hydroxylamine groups is 2. The van der Waals surface area contributed by atoms with E-state index < -0.39 is 23.5 Å². The first-order valence-electron chi connectivity index (χ1n) is 8.13. The zero-order chi connectivity index (χ0) is 17.6. The Balaban J connectivity index is 2.35.